The van der Waals surface area contributed by atoms with Crippen molar-refractivity contribution in [1.82, 2.24) is 4.98 Å². The predicted molar refractivity (Wildman–Crippen MR) is 140 cm³/mol. The summed E-state index contributed by atoms with van der Waals surface area (Å²) in [6.45, 7) is 4.26. The molecule has 0 radical (unpaired) electrons. The molecule has 178 valence electrons. The van der Waals surface area contributed by atoms with Crippen molar-refractivity contribution >= 4 is 40.4 Å². The van der Waals surface area contributed by atoms with Gasteiger partial charge in [0.15, 0.2) is 5.78 Å². The van der Waals surface area contributed by atoms with Crippen LogP contribution >= 0.6 is 11.6 Å². The summed E-state index contributed by atoms with van der Waals surface area (Å²) < 4.78 is 0. The van der Waals surface area contributed by atoms with Crippen LogP contribution in [-0.2, 0) is 9.59 Å². The van der Waals surface area contributed by atoms with Gasteiger partial charge in [0.05, 0.1) is 34.7 Å². The monoisotopic (exact) mass is 486 g/mol. The molecule has 0 bridgehead atoms. The van der Waals surface area contributed by atoms with Crippen molar-refractivity contribution in [2.24, 2.45) is 5.41 Å². The lowest BCUT2D eigenvalue weighted by molar-refractivity contribution is -0.119. The fourth-order valence-electron chi connectivity index (χ4n) is 5.03. The highest BCUT2D eigenvalue weighted by molar-refractivity contribution is 6.33. The number of nitrogens with one attached hydrogen (secondary N) is 2. The Morgan fingerprint density at radius 1 is 1.09 bits per heavy atom. The first-order valence-electron chi connectivity index (χ1n) is 11.7. The summed E-state index contributed by atoms with van der Waals surface area (Å²) in [6.07, 6.45) is 4.63. The molecule has 0 saturated heterocycles. The van der Waals surface area contributed by atoms with Crippen LogP contribution in [0.1, 0.15) is 38.3 Å². The fourth-order valence-corrected chi connectivity index (χ4v) is 5.21. The number of rotatable bonds is 4. The number of carbonyl (C=O) groups excluding carboxylic acids is 2. The maximum atomic E-state index is 13.6. The molecule has 1 aliphatic carbocycles. The fraction of sp³-hybridized carbons (Fsp3) is 0.250. The number of nitrogens with zero attached hydrogens (tertiary/aromatic N) is 2. The summed E-state index contributed by atoms with van der Waals surface area (Å²) >= 11 is 6.28. The van der Waals surface area contributed by atoms with Gasteiger partial charge in [-0.1, -0.05) is 49.7 Å². The van der Waals surface area contributed by atoms with E-state index in [9.17, 15) is 9.59 Å². The quantitative estimate of drug-likeness (QED) is 0.473. The highest BCUT2D eigenvalue weighted by Gasteiger charge is 2.41. The Labute approximate surface area is 210 Å². The molecule has 1 aliphatic heterocycles. The number of amides is 1. The molecule has 6 nitrogen and oxygen atoms in total. The molecular weight excluding hydrogens is 460 g/mol. The Hall–Kier alpha value is -3.64. The van der Waals surface area contributed by atoms with E-state index in [2.05, 4.69) is 29.5 Å². The number of carbonyl (C=O) groups is 2. The summed E-state index contributed by atoms with van der Waals surface area (Å²) in [6, 6.07) is 18.4. The molecule has 1 unspecified atom stereocenters. The topological polar surface area (TPSA) is 74.3 Å². The van der Waals surface area contributed by atoms with Crippen LogP contribution in [0.3, 0.4) is 0 Å². The van der Waals surface area contributed by atoms with E-state index in [1.807, 2.05) is 53.4 Å². The molecule has 1 aromatic heterocycles. The van der Waals surface area contributed by atoms with Crippen LogP contribution in [0.25, 0.3) is 0 Å². The van der Waals surface area contributed by atoms with Crippen molar-refractivity contribution in [1.29, 1.82) is 0 Å². The van der Waals surface area contributed by atoms with Crippen LogP contribution in [-0.4, -0.2) is 23.2 Å². The van der Waals surface area contributed by atoms with E-state index in [1.165, 1.54) is 0 Å². The Morgan fingerprint density at radius 3 is 2.57 bits per heavy atom. The van der Waals surface area contributed by atoms with Crippen LogP contribution in [0.15, 0.2) is 84.3 Å². The molecular formula is C28H27ClN4O2. The SMILES string of the molecule is CC1(C)CC(=O)C2=C(C1)Nc1ccccc1N(CC(=O)Nc1ccccc1Cl)C2c1ccncc1. The van der Waals surface area contributed by atoms with Crippen molar-refractivity contribution in [2.45, 2.75) is 32.7 Å². The number of hydrogen-bond acceptors (Lipinski definition) is 5. The van der Waals surface area contributed by atoms with Crippen molar-refractivity contribution in [3.05, 3.63) is 94.9 Å². The van der Waals surface area contributed by atoms with E-state index < -0.39 is 6.04 Å². The molecule has 0 saturated carbocycles. The minimum atomic E-state index is -0.440. The molecule has 2 aliphatic rings. The van der Waals surface area contributed by atoms with Crippen molar-refractivity contribution in [3.8, 4) is 0 Å². The zero-order valence-electron chi connectivity index (χ0n) is 19.7. The molecule has 1 atom stereocenters. The molecule has 2 N–H and O–H groups in total. The van der Waals surface area contributed by atoms with Gasteiger partial charge in [-0.2, -0.15) is 0 Å². The van der Waals surface area contributed by atoms with Crippen LogP contribution in [0.2, 0.25) is 5.02 Å². The lowest BCUT2D eigenvalue weighted by Gasteiger charge is -2.37. The first-order valence-corrected chi connectivity index (χ1v) is 12.0. The minimum Gasteiger partial charge on any atom is -0.357 e. The second kappa shape index (κ2) is 9.19. The van der Waals surface area contributed by atoms with E-state index in [0.717, 1.165) is 29.1 Å². The van der Waals surface area contributed by atoms with E-state index in [0.29, 0.717) is 22.7 Å². The lowest BCUT2D eigenvalue weighted by atomic mass is 9.73. The van der Waals surface area contributed by atoms with Crippen molar-refractivity contribution in [3.63, 3.8) is 0 Å². The van der Waals surface area contributed by atoms with E-state index in [1.54, 1.807) is 24.5 Å². The van der Waals surface area contributed by atoms with Crippen LogP contribution in [0, 0.1) is 5.41 Å². The normalized spacial score (nSPS) is 18.8. The number of ketones is 1. The maximum absolute atomic E-state index is 13.6. The van der Waals surface area contributed by atoms with E-state index >= 15 is 0 Å². The number of anilines is 3. The number of fused-ring (bicyclic) bond motifs is 1. The third-order valence-corrected chi connectivity index (χ3v) is 6.82. The minimum absolute atomic E-state index is 0.0321. The van der Waals surface area contributed by atoms with Crippen LogP contribution < -0.4 is 15.5 Å². The van der Waals surface area contributed by atoms with Crippen molar-refractivity contribution < 1.29 is 9.59 Å². The van der Waals surface area contributed by atoms with Gasteiger partial charge in [0.25, 0.3) is 0 Å². The van der Waals surface area contributed by atoms with Crippen LogP contribution in [0.5, 0.6) is 0 Å². The average Bonchev–Trinajstić information content (AvgIpc) is 2.95. The van der Waals surface area contributed by atoms with Gasteiger partial charge in [0.1, 0.15) is 0 Å². The van der Waals surface area contributed by atoms with Crippen molar-refractivity contribution in [2.75, 3.05) is 22.1 Å². The second-order valence-electron chi connectivity index (χ2n) is 9.81. The molecule has 0 fully saturated rings. The zero-order chi connectivity index (χ0) is 24.6. The number of aromatic nitrogens is 1. The first kappa shape index (κ1) is 23.1. The molecule has 5 rings (SSSR count). The summed E-state index contributed by atoms with van der Waals surface area (Å²) in [5.74, 6) is -0.130. The predicted octanol–water partition coefficient (Wildman–Crippen LogP) is 5.99. The highest BCUT2D eigenvalue weighted by atomic mass is 35.5. The summed E-state index contributed by atoms with van der Waals surface area (Å²) in [5.41, 5.74) is 4.64. The Kier molecular flexibility index (Phi) is 6.07. The van der Waals surface area contributed by atoms with Gasteiger partial charge >= 0.3 is 0 Å². The molecule has 35 heavy (non-hydrogen) atoms. The summed E-state index contributed by atoms with van der Waals surface area (Å²) in [5, 5.41) is 6.96. The maximum Gasteiger partial charge on any atom is 0.243 e. The molecule has 7 heteroatoms. The molecule has 2 aromatic carbocycles. The van der Waals surface area contributed by atoms with Gasteiger partial charge in [-0.25, -0.2) is 0 Å². The number of Topliss-reactive ketones (excluding diaryl/α,β-unsaturated/α-hetero) is 1. The van der Waals surface area contributed by atoms with Gasteiger partial charge in [-0.15, -0.1) is 0 Å². The van der Waals surface area contributed by atoms with E-state index in [-0.39, 0.29) is 23.7 Å². The lowest BCUT2D eigenvalue weighted by Crippen LogP contribution is -2.40. The molecule has 3 aromatic rings. The number of para-hydroxylation sites is 3. The molecule has 0 spiro atoms. The van der Waals surface area contributed by atoms with Gasteiger partial charge < -0.3 is 15.5 Å². The third kappa shape index (κ3) is 4.66. The standard InChI is InChI=1S/C28H27ClN4O2/c1-28(2)15-22-26(24(34)16-28)27(18-11-13-30-14-12-18)33(23-10-6-5-9-21(23)31-22)17-25(35)32-20-8-4-3-7-19(20)29/h3-14,27,31H,15-17H2,1-2H3,(H,32,35). The Balaban J connectivity index is 1.63. The Morgan fingerprint density at radius 2 is 1.80 bits per heavy atom. The van der Waals surface area contributed by atoms with Gasteiger partial charge in [-0.05, 0) is 53.8 Å². The first-order chi connectivity index (χ1) is 16.8. The summed E-state index contributed by atoms with van der Waals surface area (Å²) in [7, 11) is 0. The largest absolute Gasteiger partial charge is 0.357 e. The second-order valence-corrected chi connectivity index (χ2v) is 10.2. The Bertz CT molecular complexity index is 1320. The number of benzene rings is 2. The molecule has 2 heterocycles. The average molecular weight is 487 g/mol. The van der Waals surface area contributed by atoms with Crippen LogP contribution in [0.4, 0.5) is 17.1 Å². The number of halogens is 1. The number of allylic oxidation sites excluding steroid dienone is 1. The number of pyridine rings is 1. The van der Waals surface area contributed by atoms with Gasteiger partial charge in [0.2, 0.25) is 5.91 Å². The zero-order valence-corrected chi connectivity index (χ0v) is 20.5. The molecule has 1 amide bonds. The van der Waals surface area contributed by atoms with E-state index in [4.69, 9.17) is 11.6 Å². The van der Waals surface area contributed by atoms with Gasteiger partial charge in [-0.3, -0.25) is 14.6 Å². The highest BCUT2D eigenvalue weighted by Crippen LogP contribution is 2.48. The number of hydrogen-bond donors (Lipinski definition) is 2. The third-order valence-electron chi connectivity index (χ3n) is 6.49. The van der Waals surface area contributed by atoms with Gasteiger partial charge in [0, 0.05) is 30.1 Å². The smallest absolute Gasteiger partial charge is 0.243 e. The summed E-state index contributed by atoms with van der Waals surface area (Å²) in [4.78, 5) is 33.2.